The number of carbonyl (C=O) groups is 2. The zero-order valence-electron chi connectivity index (χ0n) is 4.77. The maximum absolute atomic E-state index is 10.6. The molecule has 0 saturated carbocycles. The lowest BCUT2D eigenvalue weighted by atomic mass is 10.3. The fraction of sp³-hybridized carbons (Fsp3) is 0. The molecule has 0 atom stereocenters. The number of hydrogen-bond donors (Lipinski definition) is 1. The Hall–Kier alpha value is -1.56. The van der Waals surface area contributed by atoms with Crippen molar-refractivity contribution < 1.29 is 14.4 Å². The Morgan fingerprint density at radius 1 is 1.50 bits per heavy atom. The second kappa shape index (κ2) is 2.36. The van der Waals surface area contributed by atoms with Crippen molar-refractivity contribution in [3.63, 3.8) is 0 Å². The van der Waals surface area contributed by atoms with Crippen molar-refractivity contribution in [2.75, 3.05) is 0 Å². The summed E-state index contributed by atoms with van der Waals surface area (Å²) in [6, 6.07) is 0. The smallest absolute Gasteiger partial charge is 0.339 e. The van der Waals surface area contributed by atoms with E-state index in [0.29, 0.717) is 0 Å². The minimum atomic E-state index is -0.969. The molecule has 1 aliphatic rings. The first-order valence-electron chi connectivity index (χ1n) is 2.32. The van der Waals surface area contributed by atoms with E-state index in [-0.39, 0.29) is 5.76 Å². The number of carbonyl (C=O) groups excluding carboxylic acids is 2. The number of nitrogens with two attached hydrogens (primary N) is 1. The Morgan fingerprint density at radius 3 is 2.70 bits per heavy atom. The summed E-state index contributed by atoms with van der Waals surface area (Å²) in [5.74, 6) is 2.47. The number of amides is 1. The molecule has 52 valence electrons. The molecule has 10 heavy (non-hydrogen) atoms. The maximum atomic E-state index is 10.6. The minimum Gasteiger partial charge on any atom is -0.405 e. The molecule has 1 rings (SSSR count). The van der Waals surface area contributed by atoms with Gasteiger partial charge in [0, 0.05) is 0 Å². The zero-order valence-corrected chi connectivity index (χ0v) is 4.77. The van der Waals surface area contributed by atoms with Gasteiger partial charge in [0.05, 0.1) is 6.20 Å². The number of ketones is 1. The predicted molar refractivity (Wildman–Crippen MR) is 28.2 cm³/mol. The molecule has 2 N–H and O–H groups in total. The Bertz CT molecular complexity index is 242. The second-order valence-corrected chi connectivity index (χ2v) is 1.46. The molecule has 0 aliphatic carbocycles. The van der Waals surface area contributed by atoms with Gasteiger partial charge in [-0.15, -0.1) is 5.11 Å². The van der Waals surface area contributed by atoms with Crippen LogP contribution in [0, 0.1) is 0 Å². The summed E-state index contributed by atoms with van der Waals surface area (Å²) in [4.78, 5) is 25.0. The van der Waals surface area contributed by atoms with Crippen LogP contribution in [0.5, 0.6) is 0 Å². The maximum Gasteiger partial charge on any atom is 0.339 e. The first kappa shape index (κ1) is 6.56. The van der Waals surface area contributed by atoms with Crippen LogP contribution in [0.2, 0.25) is 0 Å². The predicted octanol–water partition coefficient (Wildman–Crippen LogP) is -0.720. The first-order chi connectivity index (χ1) is 4.75. The van der Waals surface area contributed by atoms with E-state index in [0.717, 1.165) is 6.20 Å². The van der Waals surface area contributed by atoms with Gasteiger partial charge in [-0.25, -0.2) is 0 Å². The summed E-state index contributed by atoms with van der Waals surface area (Å²) in [7, 11) is 0. The molecular weight excluding hydrogens is 138 g/mol. The van der Waals surface area contributed by atoms with Crippen LogP contribution in [0.1, 0.15) is 0 Å². The highest BCUT2D eigenvalue weighted by Gasteiger charge is 2.22. The molecule has 1 heterocycles. The van der Waals surface area contributed by atoms with Gasteiger partial charge in [-0.05, 0) is 0 Å². The van der Waals surface area contributed by atoms with Gasteiger partial charge in [-0.2, -0.15) is 11.0 Å². The van der Waals surface area contributed by atoms with Gasteiger partial charge in [0.2, 0.25) is 5.76 Å². The quantitative estimate of drug-likeness (QED) is 0.385. The molecule has 1 aliphatic heterocycles. The third-order valence-corrected chi connectivity index (χ3v) is 0.869. The monoisotopic (exact) mass is 141 g/mol. The fourth-order valence-electron chi connectivity index (χ4n) is 0.427. The van der Waals surface area contributed by atoms with Crippen LogP contribution in [0.4, 0.5) is 0 Å². The molecule has 0 spiro atoms. The minimum absolute atomic E-state index is 0.292. The van der Waals surface area contributed by atoms with Gasteiger partial charge in [-0.3, -0.25) is 9.59 Å². The van der Waals surface area contributed by atoms with Crippen molar-refractivity contribution in [2.24, 2.45) is 16.1 Å². The van der Waals surface area contributed by atoms with E-state index >= 15 is 0 Å². The molecule has 0 aromatic heterocycles. The van der Waals surface area contributed by atoms with E-state index < -0.39 is 11.7 Å². The molecule has 0 unspecified atom stereocenters. The van der Waals surface area contributed by atoms with E-state index in [2.05, 4.69) is 21.0 Å². The van der Waals surface area contributed by atoms with Crippen LogP contribution in [-0.2, 0) is 14.4 Å². The summed E-state index contributed by atoms with van der Waals surface area (Å²) >= 11 is 0. The molecule has 0 saturated heterocycles. The van der Waals surface area contributed by atoms with Crippen LogP contribution >= 0.6 is 0 Å². The molecule has 0 aromatic carbocycles. The Labute approximate surface area is 55.3 Å². The van der Waals surface area contributed by atoms with Crippen molar-refractivity contribution in [3.8, 4) is 0 Å². The number of azo groups is 1. The number of rotatable bonds is 1. The summed E-state index contributed by atoms with van der Waals surface area (Å²) in [6.45, 7) is 0. The van der Waals surface area contributed by atoms with E-state index in [4.69, 9.17) is 0 Å². The van der Waals surface area contributed by atoms with Gasteiger partial charge >= 0.3 is 5.91 Å². The van der Waals surface area contributed by atoms with Crippen molar-refractivity contribution in [1.29, 1.82) is 0 Å². The van der Waals surface area contributed by atoms with E-state index in [9.17, 15) is 9.59 Å². The number of Topliss-reactive ketones (excluding diaryl/α,β-unsaturated/α-hetero) is 1. The summed E-state index contributed by atoms with van der Waals surface area (Å²) in [5.41, 5.74) is 0. The lowest BCUT2D eigenvalue weighted by Gasteiger charge is -2.00. The van der Waals surface area contributed by atoms with E-state index in [1.54, 1.807) is 0 Å². The van der Waals surface area contributed by atoms with Gasteiger partial charge < -0.3 is 4.84 Å². The standard InChI is InChI=1S/C4H3N3O3/c5-10-2-1-6-7-4(9)3(2)8/h1H,5H2. The van der Waals surface area contributed by atoms with E-state index in [1.165, 1.54) is 0 Å². The van der Waals surface area contributed by atoms with Crippen molar-refractivity contribution >= 4 is 11.7 Å². The van der Waals surface area contributed by atoms with Crippen LogP contribution in [0.15, 0.2) is 22.2 Å². The average Bonchev–Trinajstić information content (AvgIpc) is 1.95. The molecule has 0 radical (unpaired) electrons. The molecule has 0 bridgehead atoms. The van der Waals surface area contributed by atoms with Gasteiger partial charge in [0.1, 0.15) is 0 Å². The molecule has 0 fully saturated rings. The van der Waals surface area contributed by atoms with Crippen molar-refractivity contribution in [2.45, 2.75) is 0 Å². The van der Waals surface area contributed by atoms with Crippen LogP contribution in [0.3, 0.4) is 0 Å². The molecule has 6 nitrogen and oxygen atoms in total. The van der Waals surface area contributed by atoms with Crippen LogP contribution in [0.25, 0.3) is 0 Å². The first-order valence-corrected chi connectivity index (χ1v) is 2.32. The highest BCUT2D eigenvalue weighted by atomic mass is 16.6. The van der Waals surface area contributed by atoms with Gasteiger partial charge in [-0.1, -0.05) is 0 Å². The lowest BCUT2D eigenvalue weighted by molar-refractivity contribution is -0.136. The summed E-state index contributed by atoms with van der Waals surface area (Å²) in [6.07, 6.45) is 0.976. The van der Waals surface area contributed by atoms with Crippen molar-refractivity contribution in [1.82, 2.24) is 0 Å². The Balaban J connectivity index is 2.92. The third kappa shape index (κ3) is 0.914. The molecular formula is C4H3N3O3. The number of hydrogen-bond acceptors (Lipinski definition) is 5. The SMILES string of the molecule is NOC1=CN=NC(=O)C1=O. The molecule has 1 amide bonds. The van der Waals surface area contributed by atoms with E-state index in [1.807, 2.05) is 0 Å². The summed E-state index contributed by atoms with van der Waals surface area (Å²) in [5, 5.41) is 6.08. The lowest BCUT2D eigenvalue weighted by Crippen LogP contribution is -2.19. The fourth-order valence-corrected chi connectivity index (χ4v) is 0.427. The molecule has 6 heteroatoms. The normalized spacial score (nSPS) is 17.1. The average molecular weight is 141 g/mol. The van der Waals surface area contributed by atoms with Crippen LogP contribution < -0.4 is 5.90 Å². The Kier molecular flexibility index (Phi) is 1.55. The third-order valence-electron chi connectivity index (χ3n) is 0.869. The topological polar surface area (TPSA) is 94.1 Å². The zero-order chi connectivity index (χ0) is 7.56. The second-order valence-electron chi connectivity index (χ2n) is 1.46. The number of nitrogens with zero attached hydrogens (tertiary/aromatic N) is 2. The summed E-state index contributed by atoms with van der Waals surface area (Å²) < 4.78 is 0. The van der Waals surface area contributed by atoms with Gasteiger partial charge in [0.15, 0.2) is 0 Å². The Morgan fingerprint density at radius 2 is 2.20 bits per heavy atom. The van der Waals surface area contributed by atoms with Gasteiger partial charge in [0.25, 0.3) is 5.78 Å². The van der Waals surface area contributed by atoms with Crippen LogP contribution in [-0.4, -0.2) is 11.7 Å². The highest BCUT2D eigenvalue weighted by molar-refractivity contribution is 6.42. The molecule has 0 aromatic rings. The largest absolute Gasteiger partial charge is 0.405 e. The van der Waals surface area contributed by atoms with Crippen molar-refractivity contribution in [3.05, 3.63) is 12.0 Å². The highest BCUT2D eigenvalue weighted by Crippen LogP contribution is 2.03.